The first-order valence-corrected chi connectivity index (χ1v) is 8.09. The van der Waals surface area contributed by atoms with E-state index >= 15 is 0 Å². The zero-order valence-electron chi connectivity index (χ0n) is 14.4. The number of rotatable bonds is 7. The lowest BCUT2D eigenvalue weighted by atomic mass is 10.1. The van der Waals surface area contributed by atoms with Crippen molar-refractivity contribution < 1.29 is 9.59 Å². The van der Waals surface area contributed by atoms with Gasteiger partial charge >= 0.3 is 0 Å². The molecule has 0 aliphatic heterocycles. The molecule has 0 atom stereocenters. The van der Waals surface area contributed by atoms with Crippen molar-refractivity contribution in [1.82, 2.24) is 20.8 Å². The van der Waals surface area contributed by atoms with Crippen LogP contribution in [0.3, 0.4) is 0 Å². The van der Waals surface area contributed by atoms with Crippen molar-refractivity contribution in [2.45, 2.75) is 33.6 Å². The normalized spacial score (nSPS) is 10.5. The molecule has 0 aliphatic rings. The predicted molar refractivity (Wildman–Crippen MR) is 92.9 cm³/mol. The van der Waals surface area contributed by atoms with Gasteiger partial charge in [-0.25, -0.2) is 0 Å². The van der Waals surface area contributed by atoms with Crippen LogP contribution >= 0.6 is 0 Å². The molecule has 0 aliphatic carbocycles. The van der Waals surface area contributed by atoms with Gasteiger partial charge in [0, 0.05) is 30.8 Å². The number of carbonyl (C=O) groups is 2. The number of carbonyl (C=O) groups excluding carboxylic acids is 2. The van der Waals surface area contributed by atoms with E-state index in [0.717, 1.165) is 28.9 Å². The highest BCUT2D eigenvalue weighted by Gasteiger charge is 2.08. The van der Waals surface area contributed by atoms with E-state index in [1.165, 1.54) is 0 Å². The third-order valence-corrected chi connectivity index (χ3v) is 3.93. The van der Waals surface area contributed by atoms with Crippen LogP contribution in [-0.2, 0) is 11.2 Å². The number of H-pyrrole nitrogens is 1. The lowest BCUT2D eigenvalue weighted by Crippen LogP contribution is -2.31. The van der Waals surface area contributed by atoms with Crippen LogP contribution in [0.1, 0.15) is 39.3 Å². The molecule has 0 saturated carbocycles. The number of aromatic nitrogens is 2. The lowest BCUT2D eigenvalue weighted by molar-refractivity contribution is -0.120. The number of nitrogens with zero attached hydrogens (tertiary/aromatic N) is 1. The van der Waals surface area contributed by atoms with E-state index < -0.39 is 0 Å². The van der Waals surface area contributed by atoms with Gasteiger partial charge in [-0.3, -0.25) is 14.7 Å². The number of benzene rings is 1. The SMILES string of the molecule is Cc1ccc(C(=O)NCCC(=O)NCCc2c(C)n[nH]c2C)cc1. The van der Waals surface area contributed by atoms with Gasteiger partial charge in [0.15, 0.2) is 0 Å². The van der Waals surface area contributed by atoms with Gasteiger partial charge in [0.2, 0.25) is 5.91 Å². The summed E-state index contributed by atoms with van der Waals surface area (Å²) in [5.74, 6) is -0.231. The second kappa shape index (κ2) is 8.29. The second-order valence-electron chi connectivity index (χ2n) is 5.88. The molecule has 0 spiro atoms. The summed E-state index contributed by atoms with van der Waals surface area (Å²) in [6.07, 6.45) is 1.01. The molecule has 1 aromatic carbocycles. The molecule has 0 fully saturated rings. The summed E-state index contributed by atoms with van der Waals surface area (Å²) in [4.78, 5) is 23.7. The number of aryl methyl sites for hydroxylation is 3. The molecule has 128 valence electrons. The Morgan fingerprint density at radius 2 is 1.75 bits per heavy atom. The molecular formula is C18H24N4O2. The van der Waals surface area contributed by atoms with Crippen molar-refractivity contribution in [2.24, 2.45) is 0 Å². The number of hydrogen-bond acceptors (Lipinski definition) is 3. The van der Waals surface area contributed by atoms with Crippen LogP contribution in [0, 0.1) is 20.8 Å². The molecule has 6 heteroatoms. The van der Waals surface area contributed by atoms with E-state index in [-0.39, 0.29) is 18.2 Å². The summed E-state index contributed by atoms with van der Waals surface area (Å²) in [5, 5.41) is 12.7. The number of aromatic amines is 1. The van der Waals surface area contributed by atoms with Crippen molar-refractivity contribution in [2.75, 3.05) is 13.1 Å². The fourth-order valence-corrected chi connectivity index (χ4v) is 2.45. The van der Waals surface area contributed by atoms with Crippen molar-refractivity contribution in [3.8, 4) is 0 Å². The molecule has 2 rings (SSSR count). The molecule has 24 heavy (non-hydrogen) atoms. The first kappa shape index (κ1) is 17.7. The first-order valence-electron chi connectivity index (χ1n) is 8.09. The highest BCUT2D eigenvalue weighted by molar-refractivity contribution is 5.94. The van der Waals surface area contributed by atoms with Crippen LogP contribution in [-0.4, -0.2) is 35.1 Å². The van der Waals surface area contributed by atoms with Gasteiger partial charge in [0.05, 0.1) is 5.69 Å². The number of hydrogen-bond donors (Lipinski definition) is 3. The standard InChI is InChI=1S/C18H24N4O2/c1-12-4-6-15(7-5-12)18(24)20-11-9-17(23)19-10-8-16-13(2)21-22-14(16)3/h4-7H,8-11H2,1-3H3,(H,19,23)(H,20,24)(H,21,22). The van der Waals surface area contributed by atoms with Crippen LogP contribution in [0.2, 0.25) is 0 Å². The summed E-state index contributed by atoms with van der Waals surface area (Å²) in [7, 11) is 0. The molecule has 3 N–H and O–H groups in total. The molecule has 2 aromatic rings. The minimum atomic E-state index is -0.160. The van der Waals surface area contributed by atoms with E-state index in [2.05, 4.69) is 20.8 Å². The Hall–Kier alpha value is -2.63. The Bertz CT molecular complexity index is 685. The zero-order chi connectivity index (χ0) is 17.5. The van der Waals surface area contributed by atoms with Crippen LogP contribution in [0.15, 0.2) is 24.3 Å². The summed E-state index contributed by atoms with van der Waals surface area (Å²) < 4.78 is 0. The molecule has 6 nitrogen and oxygen atoms in total. The molecule has 0 radical (unpaired) electrons. The Labute approximate surface area is 142 Å². The zero-order valence-corrected chi connectivity index (χ0v) is 14.4. The van der Waals surface area contributed by atoms with Gasteiger partial charge < -0.3 is 10.6 Å². The Morgan fingerprint density at radius 3 is 2.38 bits per heavy atom. The first-order chi connectivity index (χ1) is 11.5. The van der Waals surface area contributed by atoms with Crippen molar-refractivity contribution in [1.29, 1.82) is 0 Å². The molecule has 1 heterocycles. The van der Waals surface area contributed by atoms with Crippen LogP contribution in [0.25, 0.3) is 0 Å². The van der Waals surface area contributed by atoms with Crippen molar-refractivity contribution in [3.63, 3.8) is 0 Å². The van der Waals surface area contributed by atoms with Gasteiger partial charge in [0.1, 0.15) is 0 Å². The smallest absolute Gasteiger partial charge is 0.251 e. The largest absolute Gasteiger partial charge is 0.356 e. The predicted octanol–water partition coefficient (Wildman–Crippen LogP) is 1.81. The van der Waals surface area contributed by atoms with E-state index in [1.807, 2.05) is 32.9 Å². The quantitative estimate of drug-likeness (QED) is 0.724. The Morgan fingerprint density at radius 1 is 1.04 bits per heavy atom. The Balaban J connectivity index is 1.66. The van der Waals surface area contributed by atoms with Gasteiger partial charge in [-0.15, -0.1) is 0 Å². The molecular weight excluding hydrogens is 304 g/mol. The fraction of sp³-hybridized carbons (Fsp3) is 0.389. The second-order valence-corrected chi connectivity index (χ2v) is 5.88. The van der Waals surface area contributed by atoms with E-state index in [9.17, 15) is 9.59 Å². The maximum Gasteiger partial charge on any atom is 0.251 e. The maximum atomic E-state index is 11.9. The fourth-order valence-electron chi connectivity index (χ4n) is 2.45. The van der Waals surface area contributed by atoms with Gasteiger partial charge in [-0.2, -0.15) is 5.10 Å². The third-order valence-electron chi connectivity index (χ3n) is 3.93. The average molecular weight is 328 g/mol. The molecule has 2 amide bonds. The van der Waals surface area contributed by atoms with Gasteiger partial charge in [-0.1, -0.05) is 17.7 Å². The number of nitrogens with one attached hydrogen (secondary N) is 3. The van der Waals surface area contributed by atoms with Crippen LogP contribution in [0.4, 0.5) is 0 Å². The average Bonchev–Trinajstić information content (AvgIpc) is 2.87. The van der Waals surface area contributed by atoms with Gasteiger partial charge in [-0.05, 0) is 44.9 Å². The van der Waals surface area contributed by atoms with Crippen LogP contribution < -0.4 is 10.6 Å². The Kier molecular flexibility index (Phi) is 6.12. The molecule has 1 aromatic heterocycles. The minimum Gasteiger partial charge on any atom is -0.356 e. The van der Waals surface area contributed by atoms with Crippen LogP contribution in [0.5, 0.6) is 0 Å². The lowest BCUT2D eigenvalue weighted by Gasteiger charge is -2.07. The molecule has 0 unspecified atom stereocenters. The summed E-state index contributed by atoms with van der Waals surface area (Å²) >= 11 is 0. The van der Waals surface area contributed by atoms with Gasteiger partial charge in [0.25, 0.3) is 5.91 Å². The summed E-state index contributed by atoms with van der Waals surface area (Å²) in [6.45, 7) is 6.77. The van der Waals surface area contributed by atoms with E-state index in [0.29, 0.717) is 18.7 Å². The monoisotopic (exact) mass is 328 g/mol. The van der Waals surface area contributed by atoms with Crippen molar-refractivity contribution in [3.05, 3.63) is 52.3 Å². The summed E-state index contributed by atoms with van der Waals surface area (Å²) in [6, 6.07) is 7.34. The number of amides is 2. The highest BCUT2D eigenvalue weighted by Crippen LogP contribution is 2.09. The highest BCUT2D eigenvalue weighted by atomic mass is 16.2. The topological polar surface area (TPSA) is 86.9 Å². The van der Waals surface area contributed by atoms with E-state index in [1.54, 1.807) is 12.1 Å². The summed E-state index contributed by atoms with van der Waals surface area (Å²) in [5.41, 5.74) is 4.85. The third kappa shape index (κ3) is 4.94. The van der Waals surface area contributed by atoms with E-state index in [4.69, 9.17) is 0 Å². The molecule has 0 bridgehead atoms. The minimum absolute atomic E-state index is 0.0713. The maximum absolute atomic E-state index is 11.9. The van der Waals surface area contributed by atoms with Crippen molar-refractivity contribution >= 4 is 11.8 Å². The molecule has 0 saturated heterocycles.